The first-order valence-corrected chi connectivity index (χ1v) is 6.32. The number of hydrogen-bond acceptors (Lipinski definition) is 4. The van der Waals surface area contributed by atoms with Crippen LogP contribution in [0.3, 0.4) is 0 Å². The number of nitriles is 1. The predicted molar refractivity (Wildman–Crippen MR) is 71.3 cm³/mol. The number of fused-ring (bicyclic) bond motifs is 1. The Bertz CT molecular complexity index is 684. The molecular weight excluding hydrogens is 301 g/mol. The zero-order valence-electron chi connectivity index (χ0n) is 10.7. The minimum absolute atomic E-state index is 0.0160. The summed E-state index contributed by atoms with van der Waals surface area (Å²) in [6, 6.07) is 3.87. The van der Waals surface area contributed by atoms with Crippen LogP contribution in [0.1, 0.15) is 16.8 Å². The molecule has 1 N–H and O–H groups in total. The molecule has 21 heavy (non-hydrogen) atoms. The van der Waals surface area contributed by atoms with Crippen LogP contribution in [0.25, 0.3) is 0 Å². The smallest absolute Gasteiger partial charge is 0.299 e. The van der Waals surface area contributed by atoms with E-state index in [9.17, 15) is 18.8 Å². The molecule has 1 heterocycles. The highest BCUT2D eigenvalue weighted by Crippen LogP contribution is 2.32. The summed E-state index contributed by atoms with van der Waals surface area (Å²) in [6.07, 6.45) is 0.124. The lowest BCUT2D eigenvalue weighted by atomic mass is 10.1. The molecule has 0 unspecified atom stereocenters. The Morgan fingerprint density at radius 1 is 1.43 bits per heavy atom. The minimum Gasteiger partial charge on any atom is -0.354 e. The van der Waals surface area contributed by atoms with Crippen LogP contribution in [0.2, 0.25) is 5.02 Å². The van der Waals surface area contributed by atoms with Gasteiger partial charge in [0, 0.05) is 6.54 Å². The molecule has 0 spiro atoms. The van der Waals surface area contributed by atoms with Crippen LogP contribution < -0.4 is 10.2 Å². The lowest BCUT2D eigenvalue weighted by Gasteiger charge is -2.16. The van der Waals surface area contributed by atoms with Gasteiger partial charge in [0.25, 0.3) is 11.7 Å². The van der Waals surface area contributed by atoms with E-state index in [1.54, 1.807) is 0 Å². The minimum atomic E-state index is -0.915. The Balaban J connectivity index is 2.21. The van der Waals surface area contributed by atoms with Gasteiger partial charge in [0.2, 0.25) is 5.91 Å². The maximum absolute atomic E-state index is 13.5. The standard InChI is InChI=1S/C13H9ClFN3O3/c14-8-4-7-10(5-9(8)15)18(13(21)12(7)20)6-11(19)17-3-1-2-16/h4-5H,1,3,6H2,(H,17,19). The van der Waals surface area contributed by atoms with E-state index in [0.29, 0.717) is 0 Å². The molecule has 1 aliphatic heterocycles. The molecule has 0 atom stereocenters. The molecule has 108 valence electrons. The van der Waals surface area contributed by atoms with Crippen molar-refractivity contribution in [2.75, 3.05) is 18.0 Å². The number of anilines is 1. The number of nitrogens with one attached hydrogen (secondary N) is 1. The van der Waals surface area contributed by atoms with Gasteiger partial charge in [-0.1, -0.05) is 11.6 Å². The Kier molecular flexibility index (Phi) is 4.19. The Morgan fingerprint density at radius 3 is 2.81 bits per heavy atom. The Labute approximate surface area is 124 Å². The van der Waals surface area contributed by atoms with Gasteiger partial charge < -0.3 is 5.32 Å². The van der Waals surface area contributed by atoms with Crippen molar-refractivity contribution in [1.29, 1.82) is 5.26 Å². The van der Waals surface area contributed by atoms with Crippen molar-refractivity contribution in [2.24, 2.45) is 0 Å². The zero-order chi connectivity index (χ0) is 15.6. The number of Topliss-reactive ketones (excluding diaryl/α,β-unsaturated/α-hetero) is 1. The number of nitrogens with zero attached hydrogens (tertiary/aromatic N) is 2. The number of benzene rings is 1. The van der Waals surface area contributed by atoms with Gasteiger partial charge in [0.05, 0.1) is 28.8 Å². The second kappa shape index (κ2) is 5.89. The van der Waals surface area contributed by atoms with Gasteiger partial charge in [-0.2, -0.15) is 5.26 Å². The van der Waals surface area contributed by atoms with Gasteiger partial charge in [-0.05, 0) is 12.1 Å². The van der Waals surface area contributed by atoms with Crippen LogP contribution in [0, 0.1) is 17.1 Å². The molecule has 6 nitrogen and oxygen atoms in total. The average Bonchev–Trinajstić information content (AvgIpc) is 2.65. The molecule has 0 aromatic heterocycles. The molecular formula is C13H9ClFN3O3. The maximum atomic E-state index is 13.5. The highest BCUT2D eigenvalue weighted by molar-refractivity contribution is 6.53. The highest BCUT2D eigenvalue weighted by Gasteiger charge is 2.37. The second-order valence-electron chi connectivity index (χ2n) is 4.26. The third kappa shape index (κ3) is 2.85. The summed E-state index contributed by atoms with van der Waals surface area (Å²) in [6.45, 7) is -0.294. The maximum Gasteiger partial charge on any atom is 0.299 e. The molecule has 0 saturated heterocycles. The first-order valence-electron chi connectivity index (χ1n) is 5.94. The van der Waals surface area contributed by atoms with Crippen molar-refractivity contribution in [1.82, 2.24) is 5.32 Å². The van der Waals surface area contributed by atoms with Crippen molar-refractivity contribution < 1.29 is 18.8 Å². The summed E-state index contributed by atoms with van der Waals surface area (Å²) in [5.41, 5.74) is -0.0152. The number of rotatable bonds is 4. The predicted octanol–water partition coefficient (Wildman–Crippen LogP) is 1.04. The molecule has 1 aliphatic rings. The zero-order valence-corrected chi connectivity index (χ0v) is 11.4. The lowest BCUT2D eigenvalue weighted by Crippen LogP contribution is -2.40. The number of ketones is 1. The van der Waals surface area contributed by atoms with E-state index in [1.807, 2.05) is 6.07 Å². The molecule has 0 bridgehead atoms. The highest BCUT2D eigenvalue weighted by atomic mass is 35.5. The molecule has 0 radical (unpaired) electrons. The number of amides is 2. The first kappa shape index (κ1) is 14.9. The summed E-state index contributed by atoms with van der Waals surface area (Å²) in [5.74, 6) is -3.08. The van der Waals surface area contributed by atoms with E-state index < -0.39 is 30.0 Å². The molecule has 0 saturated carbocycles. The van der Waals surface area contributed by atoms with E-state index in [-0.39, 0.29) is 29.2 Å². The van der Waals surface area contributed by atoms with E-state index in [2.05, 4.69) is 5.32 Å². The second-order valence-corrected chi connectivity index (χ2v) is 4.67. The first-order chi connectivity index (χ1) is 9.95. The average molecular weight is 310 g/mol. The fourth-order valence-corrected chi connectivity index (χ4v) is 2.07. The molecule has 0 fully saturated rings. The van der Waals surface area contributed by atoms with E-state index in [4.69, 9.17) is 16.9 Å². The number of halogens is 2. The SMILES string of the molecule is N#CCCNC(=O)CN1C(=O)C(=O)c2cc(Cl)c(F)cc21. The van der Waals surface area contributed by atoms with Crippen molar-refractivity contribution in [3.05, 3.63) is 28.5 Å². The molecule has 2 rings (SSSR count). The topological polar surface area (TPSA) is 90.3 Å². The molecule has 1 aromatic carbocycles. The number of carbonyl (C=O) groups excluding carboxylic acids is 3. The van der Waals surface area contributed by atoms with Gasteiger partial charge >= 0.3 is 0 Å². The monoisotopic (exact) mass is 309 g/mol. The number of carbonyl (C=O) groups is 3. The number of hydrogen-bond donors (Lipinski definition) is 1. The normalized spacial score (nSPS) is 13.1. The van der Waals surface area contributed by atoms with Crippen LogP contribution in [-0.2, 0) is 9.59 Å². The van der Waals surface area contributed by atoms with E-state index >= 15 is 0 Å². The third-order valence-electron chi connectivity index (χ3n) is 2.87. The largest absolute Gasteiger partial charge is 0.354 e. The van der Waals surface area contributed by atoms with Crippen molar-refractivity contribution in [3.63, 3.8) is 0 Å². The van der Waals surface area contributed by atoms with Crippen molar-refractivity contribution in [2.45, 2.75) is 6.42 Å². The summed E-state index contributed by atoms with van der Waals surface area (Å²) in [5, 5.41) is 10.5. The third-order valence-corrected chi connectivity index (χ3v) is 3.16. The van der Waals surface area contributed by atoms with Gasteiger partial charge in [-0.15, -0.1) is 0 Å². The molecule has 2 amide bonds. The van der Waals surface area contributed by atoms with Gasteiger partial charge in [0.1, 0.15) is 12.4 Å². The van der Waals surface area contributed by atoms with E-state index in [1.165, 1.54) is 0 Å². The van der Waals surface area contributed by atoms with E-state index in [0.717, 1.165) is 17.0 Å². The van der Waals surface area contributed by atoms with Gasteiger partial charge in [0.15, 0.2) is 0 Å². The fourth-order valence-electron chi connectivity index (χ4n) is 1.90. The molecule has 0 aliphatic carbocycles. The van der Waals surface area contributed by atoms with Crippen LogP contribution >= 0.6 is 11.6 Å². The Hall–Kier alpha value is -2.46. The molecule has 8 heteroatoms. The van der Waals surface area contributed by atoms with Crippen LogP contribution in [0.5, 0.6) is 0 Å². The summed E-state index contributed by atoms with van der Waals surface area (Å²) < 4.78 is 13.5. The van der Waals surface area contributed by atoms with Crippen molar-refractivity contribution in [3.8, 4) is 6.07 Å². The summed E-state index contributed by atoms with van der Waals surface area (Å²) in [7, 11) is 0. The lowest BCUT2D eigenvalue weighted by molar-refractivity contribution is -0.122. The van der Waals surface area contributed by atoms with Crippen molar-refractivity contribution >= 4 is 34.9 Å². The van der Waals surface area contributed by atoms with Crippen LogP contribution in [0.15, 0.2) is 12.1 Å². The van der Waals surface area contributed by atoms with Gasteiger partial charge in [-0.3, -0.25) is 19.3 Å². The van der Waals surface area contributed by atoms with Crippen LogP contribution in [-0.4, -0.2) is 30.7 Å². The Morgan fingerprint density at radius 2 is 2.14 bits per heavy atom. The van der Waals surface area contributed by atoms with Crippen LogP contribution in [0.4, 0.5) is 10.1 Å². The van der Waals surface area contributed by atoms with Gasteiger partial charge in [-0.25, -0.2) is 4.39 Å². The quantitative estimate of drug-likeness (QED) is 0.664. The summed E-state index contributed by atoms with van der Waals surface area (Å²) in [4.78, 5) is 36.1. The summed E-state index contributed by atoms with van der Waals surface area (Å²) >= 11 is 5.58. The fraction of sp³-hybridized carbons (Fsp3) is 0.231. The molecule has 1 aromatic rings.